The number of carboxylic acids is 2. The van der Waals surface area contributed by atoms with Crippen LogP contribution in [-0.4, -0.2) is 143 Å². The number of hydrogen-bond donors (Lipinski definition) is 6. The van der Waals surface area contributed by atoms with E-state index in [0.717, 1.165) is 93.4 Å². The van der Waals surface area contributed by atoms with E-state index in [4.69, 9.17) is 25.1 Å². The Kier molecular flexibility index (Phi) is 41.8. The molecular weight excluding hydrogens is 1690 g/mol. The molecule has 682 valence electrons. The first-order chi connectivity index (χ1) is 62.2. The van der Waals surface area contributed by atoms with E-state index in [1.54, 1.807) is 56.9 Å². The molecule has 29 nitrogen and oxygen atoms in total. The first-order valence-electron chi connectivity index (χ1n) is 43.0. The Balaban J connectivity index is 0.000000221. The minimum Gasteiger partial charge on any atom is -0.870 e. The van der Waals surface area contributed by atoms with Crippen LogP contribution in [-0.2, 0) is 83.4 Å². The van der Waals surface area contributed by atoms with Gasteiger partial charge in [0.15, 0.2) is 28.7 Å². The Bertz CT molecular complexity index is 5980. The molecule has 0 radical (unpaired) electrons. The Morgan fingerprint density at radius 3 is 1.16 bits per heavy atom. The number of aryl methyl sites for hydroxylation is 1. The molecule has 5 aliphatic rings. The quantitative estimate of drug-likeness (QED) is 0.00740. The number of hydrogen-bond acceptors (Lipinski definition) is 23. The summed E-state index contributed by atoms with van der Waals surface area (Å²) in [6.45, 7) is 12.8. The number of pyridine rings is 4. The summed E-state index contributed by atoms with van der Waals surface area (Å²) in [6.07, 6.45) is 16.8. The van der Waals surface area contributed by atoms with Crippen molar-refractivity contribution in [1.82, 2.24) is 18.7 Å². The third-order valence-electron chi connectivity index (χ3n) is 21.2. The van der Waals surface area contributed by atoms with Gasteiger partial charge in [-0.25, -0.2) is 28.8 Å². The minimum atomic E-state index is -1.31. The molecule has 1 unspecified atom stereocenters. The Morgan fingerprint density at radius 1 is 0.420 bits per heavy atom. The van der Waals surface area contributed by atoms with Crippen LogP contribution in [0.1, 0.15) is 236 Å². The maximum atomic E-state index is 12.8. The van der Waals surface area contributed by atoms with Crippen LogP contribution in [0.25, 0.3) is 33.4 Å². The number of allylic oxidation sites excluding steroid dienone is 2. The number of nitrogens with one attached hydrogen (secondary N) is 1. The van der Waals surface area contributed by atoms with Gasteiger partial charge in [-0.3, -0.25) is 38.4 Å². The molecular formula is C101H108N5NaO24. The largest absolute Gasteiger partial charge is 1.00 e. The maximum absolute atomic E-state index is 12.8. The predicted octanol–water partition coefficient (Wildman–Crippen LogP) is 11.2. The van der Waals surface area contributed by atoms with Crippen molar-refractivity contribution in [3.63, 3.8) is 0 Å². The van der Waals surface area contributed by atoms with Crippen LogP contribution in [0.2, 0.25) is 0 Å². The van der Waals surface area contributed by atoms with E-state index in [2.05, 4.69) is 38.7 Å². The van der Waals surface area contributed by atoms with Gasteiger partial charge in [-0.2, -0.15) is 0 Å². The number of aliphatic hydroxyl groups is 2. The van der Waals surface area contributed by atoms with Crippen molar-refractivity contribution >= 4 is 58.9 Å². The van der Waals surface area contributed by atoms with Gasteiger partial charge in [0.05, 0.1) is 55.8 Å². The van der Waals surface area contributed by atoms with Crippen LogP contribution in [0.5, 0.6) is 0 Å². The average Bonchev–Trinajstić information content (AvgIpc) is 0.735. The molecule has 8 N–H and O–H groups in total. The number of ketones is 4. The number of aromatic nitrogens is 4. The SMILES string of the molecule is CCO.CCOC(=O)c1c[nH]c2c(c1=O)C(=O)CCC2.CCOC(=O)c1cn(Cc2ccc(-c3ccccc3)cc2)c2c(c1=O)C(=O)CCC2.CCOC=C(C(=O)OCC)C(=O)OCC.NC1=CC(=O)CCC1.O=C(O)c1cn(Cc2ccc(-c3ccccc3)cc2)c2c(c1=O)C(=O)CCC2.O=C(O)c1cn(Cc2ccc(-c3ccccc3)cc2)c2c(c1=O)C(O)CCC2.[Na+].[OH-]. The molecule has 0 aliphatic heterocycles. The fraction of sp³-hybridized carbons (Fsp3) is 0.307. The van der Waals surface area contributed by atoms with Crippen LogP contribution in [0.3, 0.4) is 0 Å². The van der Waals surface area contributed by atoms with Crippen LogP contribution in [0.15, 0.2) is 231 Å². The number of fused-ring (bicyclic) bond motifs is 4. The number of nitrogens with two attached hydrogens (primary N) is 1. The Labute approximate surface area is 779 Å². The van der Waals surface area contributed by atoms with Crippen molar-refractivity contribution < 1.29 is 127 Å². The second-order valence-corrected chi connectivity index (χ2v) is 30.1. The third kappa shape index (κ3) is 28.5. The number of H-pyrrole nitrogens is 1. The third-order valence-corrected chi connectivity index (χ3v) is 21.2. The second kappa shape index (κ2) is 52.3. The molecule has 0 amide bonds. The number of carbonyl (C=O) groups excluding carboxylic acids is 8. The van der Waals surface area contributed by atoms with Gasteiger partial charge in [-0.15, -0.1) is 0 Å². The number of aromatic carboxylic acids is 2. The predicted molar refractivity (Wildman–Crippen MR) is 486 cm³/mol. The molecule has 1 atom stereocenters. The van der Waals surface area contributed by atoms with Crippen molar-refractivity contribution in [2.24, 2.45) is 5.73 Å². The van der Waals surface area contributed by atoms with Crippen molar-refractivity contribution in [2.45, 2.75) is 164 Å². The van der Waals surface area contributed by atoms with Crippen LogP contribution in [0, 0.1) is 0 Å². The second-order valence-electron chi connectivity index (χ2n) is 30.1. The number of esters is 4. The van der Waals surface area contributed by atoms with Crippen LogP contribution >= 0.6 is 0 Å². The van der Waals surface area contributed by atoms with E-state index >= 15 is 0 Å². The van der Waals surface area contributed by atoms with Crippen molar-refractivity contribution in [3.05, 3.63) is 337 Å². The number of carbonyl (C=O) groups is 10. The molecule has 0 bridgehead atoms. The molecule has 30 heteroatoms. The molecule has 10 aromatic rings. The van der Waals surface area contributed by atoms with E-state index in [9.17, 15) is 82.4 Å². The smallest absolute Gasteiger partial charge is 0.870 e. The number of carboxylic acid groups (broad SMARTS) is 2. The molecule has 15 rings (SSSR count). The maximum Gasteiger partial charge on any atom is 1.00 e. The van der Waals surface area contributed by atoms with Gasteiger partial charge in [-0.1, -0.05) is 164 Å². The van der Waals surface area contributed by atoms with E-state index in [0.29, 0.717) is 108 Å². The van der Waals surface area contributed by atoms with Gasteiger partial charge < -0.3 is 74.0 Å². The zero-order chi connectivity index (χ0) is 93.2. The van der Waals surface area contributed by atoms with Gasteiger partial charge in [0, 0.05) is 111 Å². The summed E-state index contributed by atoms with van der Waals surface area (Å²) in [5.41, 5.74) is 15.8. The zero-order valence-corrected chi connectivity index (χ0v) is 76.5. The summed E-state index contributed by atoms with van der Waals surface area (Å²) in [7, 11) is 0. The molecule has 6 aromatic carbocycles. The van der Waals surface area contributed by atoms with E-state index < -0.39 is 63.6 Å². The monoisotopic (exact) mass is 1800 g/mol. The van der Waals surface area contributed by atoms with Crippen LogP contribution < -0.4 is 57.0 Å². The topological polar surface area (TPSA) is 453 Å². The summed E-state index contributed by atoms with van der Waals surface area (Å²) in [6, 6.07) is 54.4. The summed E-state index contributed by atoms with van der Waals surface area (Å²) in [5.74, 6) is -5.88. The molecule has 4 heterocycles. The Morgan fingerprint density at radius 2 is 0.771 bits per heavy atom. The van der Waals surface area contributed by atoms with Gasteiger partial charge in [-0.05, 0) is 168 Å². The minimum absolute atomic E-state index is 0. The summed E-state index contributed by atoms with van der Waals surface area (Å²) < 4.78 is 29.4. The number of rotatable bonds is 21. The van der Waals surface area contributed by atoms with Crippen molar-refractivity contribution in [1.29, 1.82) is 0 Å². The summed E-state index contributed by atoms with van der Waals surface area (Å²) >= 11 is 0. The Hall–Kier alpha value is -13.4. The first kappa shape index (κ1) is 105. The fourth-order valence-electron chi connectivity index (χ4n) is 15.1. The normalized spacial score (nSPS) is 13.5. The average molecular weight is 1800 g/mol. The standard InChI is InChI=1S/C25H23NO4.C23H21NO4.C23H19NO4.C12H13NO4.C10H16O5.C6H9NO.C2H6O.Na.H2O/c1-2-30-25(29)20-16-26(21-9-6-10-22(27)23(21)24(20)28)15-17-11-13-19(14-12-17)18-7-4-3-5-8-18;2*25-20-8-4-7-19-21(20)22(26)18(23(27)28)14-24(19)13-15-9-11-17(12-10-15)16-5-2-1-3-6-16;1-2-17-12(16)7-6-13-8-4-3-5-9(14)10(8)11(7)15;1-4-13-7-8(9(11)14-5-2)10(12)15-6-3;7-5-2-1-3-6(8)4-5;1-2-3;;/h3-5,7-8,11-14,16H,2,6,9-10,15H2,1H3;1-3,5-6,9-12,14,20,25H,4,7-8,13H2,(H,27,28);1-3,5-6,9-12,14H,4,7-8,13H2,(H,27,28);6H,2-5H2,1H3,(H,13,15);7H,4-6H2,1-3H3;4H,1-3,7H2;3H,2H2,1H3;;1H2/q;;;;;;;+1;/p-1. The molecule has 0 saturated carbocycles. The first-order valence-corrected chi connectivity index (χ1v) is 43.0. The zero-order valence-electron chi connectivity index (χ0n) is 74.5. The molecule has 5 aliphatic carbocycles. The molecule has 131 heavy (non-hydrogen) atoms. The molecule has 4 aromatic heterocycles. The fourth-order valence-corrected chi connectivity index (χ4v) is 15.1. The number of benzene rings is 6. The van der Waals surface area contributed by atoms with E-state index in [-0.39, 0.29) is 148 Å². The van der Waals surface area contributed by atoms with Gasteiger partial charge in [0.1, 0.15) is 28.5 Å². The number of nitrogens with zero attached hydrogens (tertiary/aromatic N) is 3. The summed E-state index contributed by atoms with van der Waals surface area (Å²) in [4.78, 5) is 169. The number of aromatic amines is 1. The molecule has 0 fully saturated rings. The van der Waals surface area contributed by atoms with Gasteiger partial charge in [0.25, 0.3) is 0 Å². The van der Waals surface area contributed by atoms with Gasteiger partial charge in [0.2, 0.25) is 21.7 Å². The number of ether oxygens (including phenoxy) is 5. The molecule has 0 spiro atoms. The van der Waals surface area contributed by atoms with E-state index in [1.807, 2.05) is 144 Å². The van der Waals surface area contributed by atoms with Gasteiger partial charge >= 0.3 is 65.4 Å². The number of Topliss-reactive ketones (excluding diaryl/α,β-unsaturated/α-hetero) is 3. The van der Waals surface area contributed by atoms with Crippen molar-refractivity contribution in [3.8, 4) is 33.4 Å². The number of aliphatic hydroxyl groups excluding tert-OH is 2. The van der Waals surface area contributed by atoms with E-state index in [1.165, 1.54) is 24.7 Å². The van der Waals surface area contributed by atoms with Crippen LogP contribution in [0.4, 0.5) is 0 Å². The van der Waals surface area contributed by atoms with Crippen molar-refractivity contribution in [2.75, 3.05) is 39.6 Å². The summed E-state index contributed by atoms with van der Waals surface area (Å²) in [5, 5.41) is 36.7. The molecule has 0 saturated heterocycles.